The molecule has 29 heavy (non-hydrogen) atoms. The minimum absolute atomic E-state index is 0.0547. The van der Waals surface area contributed by atoms with Gasteiger partial charge in [0.05, 0.1) is 5.92 Å². The van der Waals surface area contributed by atoms with Gasteiger partial charge in [-0.2, -0.15) is 4.98 Å². The normalized spacial score (nSPS) is 19.0. The molecule has 1 amide bonds. The monoisotopic (exact) mass is 394 g/mol. The van der Waals surface area contributed by atoms with Gasteiger partial charge in [0, 0.05) is 18.7 Å². The molecule has 2 aromatic carbocycles. The van der Waals surface area contributed by atoms with Crippen molar-refractivity contribution >= 4 is 5.91 Å². The zero-order valence-electron chi connectivity index (χ0n) is 16.2. The van der Waals surface area contributed by atoms with Gasteiger partial charge in [0.15, 0.2) is 0 Å². The number of carbonyl (C=O) groups excluding carboxylic acids is 1. The molecule has 2 atom stereocenters. The van der Waals surface area contributed by atoms with Gasteiger partial charge in [0.25, 0.3) is 0 Å². The lowest BCUT2D eigenvalue weighted by Crippen LogP contribution is -2.53. The molecule has 7 heteroatoms. The van der Waals surface area contributed by atoms with E-state index in [0.717, 1.165) is 18.4 Å². The second-order valence-electron chi connectivity index (χ2n) is 7.62. The van der Waals surface area contributed by atoms with E-state index in [9.17, 15) is 9.18 Å². The van der Waals surface area contributed by atoms with Crippen LogP contribution in [0.3, 0.4) is 0 Å². The van der Waals surface area contributed by atoms with Gasteiger partial charge in [-0.15, -0.1) is 0 Å². The molecule has 0 saturated carbocycles. The van der Waals surface area contributed by atoms with Crippen molar-refractivity contribution in [2.75, 3.05) is 13.1 Å². The van der Waals surface area contributed by atoms with E-state index in [-0.39, 0.29) is 17.6 Å². The predicted octanol–water partition coefficient (Wildman–Crippen LogP) is 3.46. The summed E-state index contributed by atoms with van der Waals surface area (Å²) in [5.74, 6) is 0.409. The third-order valence-electron chi connectivity index (χ3n) is 5.42. The van der Waals surface area contributed by atoms with Crippen molar-refractivity contribution in [3.63, 3.8) is 0 Å². The Hall–Kier alpha value is -3.06. The number of rotatable bonds is 4. The summed E-state index contributed by atoms with van der Waals surface area (Å²) in [6, 6.07) is 15.3. The van der Waals surface area contributed by atoms with E-state index in [1.807, 2.05) is 30.3 Å². The van der Waals surface area contributed by atoms with Gasteiger partial charge in [-0.05, 0) is 49.6 Å². The summed E-state index contributed by atoms with van der Waals surface area (Å²) < 4.78 is 18.6. The average Bonchev–Trinajstić information content (AvgIpc) is 3.25. The molecular weight excluding hydrogens is 371 g/mol. The van der Waals surface area contributed by atoms with E-state index in [1.54, 1.807) is 24.0 Å². The van der Waals surface area contributed by atoms with Crippen LogP contribution < -0.4 is 5.73 Å². The molecule has 1 fully saturated rings. The highest BCUT2D eigenvalue weighted by Crippen LogP contribution is 2.30. The summed E-state index contributed by atoms with van der Waals surface area (Å²) in [5.41, 5.74) is 6.78. The number of amides is 1. The van der Waals surface area contributed by atoms with E-state index in [4.69, 9.17) is 10.3 Å². The van der Waals surface area contributed by atoms with Crippen molar-refractivity contribution in [2.24, 2.45) is 5.73 Å². The third-order valence-corrected chi connectivity index (χ3v) is 5.42. The number of hydrogen-bond acceptors (Lipinski definition) is 5. The van der Waals surface area contributed by atoms with Crippen molar-refractivity contribution in [1.29, 1.82) is 0 Å². The van der Waals surface area contributed by atoms with Crippen molar-refractivity contribution in [3.8, 4) is 11.4 Å². The number of aromatic nitrogens is 2. The molecule has 0 spiro atoms. The number of benzene rings is 2. The van der Waals surface area contributed by atoms with Gasteiger partial charge >= 0.3 is 0 Å². The van der Waals surface area contributed by atoms with Gasteiger partial charge in [-0.3, -0.25) is 4.79 Å². The maximum Gasteiger partial charge on any atom is 0.246 e. The lowest BCUT2D eigenvalue weighted by Gasteiger charge is -2.36. The third kappa shape index (κ3) is 3.91. The number of piperidine rings is 1. The van der Waals surface area contributed by atoms with Gasteiger partial charge in [-0.1, -0.05) is 35.5 Å². The van der Waals surface area contributed by atoms with Crippen LogP contribution in [0.2, 0.25) is 0 Å². The summed E-state index contributed by atoms with van der Waals surface area (Å²) in [7, 11) is 0. The molecule has 1 aliphatic rings. The van der Waals surface area contributed by atoms with Crippen LogP contribution in [0.4, 0.5) is 4.39 Å². The van der Waals surface area contributed by atoms with Gasteiger partial charge in [0.1, 0.15) is 11.4 Å². The Morgan fingerprint density at radius 2 is 1.93 bits per heavy atom. The first-order valence-electron chi connectivity index (χ1n) is 9.68. The molecule has 1 aliphatic heterocycles. The molecule has 2 unspecified atom stereocenters. The van der Waals surface area contributed by atoms with Crippen LogP contribution in [0.5, 0.6) is 0 Å². The second kappa shape index (κ2) is 7.75. The zero-order valence-corrected chi connectivity index (χ0v) is 16.2. The maximum atomic E-state index is 13.2. The Kier molecular flexibility index (Phi) is 5.15. The number of nitrogens with zero attached hydrogens (tertiary/aromatic N) is 3. The van der Waals surface area contributed by atoms with Crippen LogP contribution in [0.25, 0.3) is 11.4 Å². The van der Waals surface area contributed by atoms with Crippen molar-refractivity contribution < 1.29 is 13.7 Å². The standard InChI is InChI=1S/C22H23FN4O2/c1-22(24,17-7-3-2-4-8-17)21(28)27-13-5-6-16(14-27)20-25-19(26-29-20)15-9-11-18(23)12-10-15/h2-4,7-12,16H,5-6,13-14,24H2,1H3. The van der Waals surface area contributed by atoms with Crippen LogP contribution in [0.1, 0.15) is 37.1 Å². The second-order valence-corrected chi connectivity index (χ2v) is 7.62. The van der Waals surface area contributed by atoms with Crippen LogP contribution in [0, 0.1) is 5.82 Å². The molecule has 150 valence electrons. The van der Waals surface area contributed by atoms with Crippen molar-refractivity contribution in [1.82, 2.24) is 15.0 Å². The molecule has 2 heterocycles. The van der Waals surface area contributed by atoms with E-state index in [0.29, 0.717) is 30.4 Å². The van der Waals surface area contributed by atoms with E-state index < -0.39 is 5.54 Å². The summed E-state index contributed by atoms with van der Waals surface area (Å²) in [6.45, 7) is 2.87. The fourth-order valence-corrected chi connectivity index (χ4v) is 3.72. The first-order chi connectivity index (χ1) is 13.9. The summed E-state index contributed by atoms with van der Waals surface area (Å²) in [5, 5.41) is 4.02. The van der Waals surface area contributed by atoms with E-state index >= 15 is 0 Å². The molecule has 0 radical (unpaired) electrons. The highest BCUT2D eigenvalue weighted by Gasteiger charge is 2.37. The van der Waals surface area contributed by atoms with Gasteiger partial charge in [-0.25, -0.2) is 4.39 Å². The van der Waals surface area contributed by atoms with Gasteiger partial charge < -0.3 is 15.2 Å². The fraction of sp³-hybridized carbons (Fsp3) is 0.318. The minimum atomic E-state index is -1.10. The summed E-state index contributed by atoms with van der Waals surface area (Å²) in [6.07, 6.45) is 1.68. The molecule has 3 aromatic rings. The highest BCUT2D eigenvalue weighted by molar-refractivity contribution is 5.87. The van der Waals surface area contributed by atoms with E-state index in [1.165, 1.54) is 12.1 Å². The summed E-state index contributed by atoms with van der Waals surface area (Å²) in [4.78, 5) is 19.4. The van der Waals surface area contributed by atoms with Crippen LogP contribution >= 0.6 is 0 Å². The predicted molar refractivity (Wildman–Crippen MR) is 106 cm³/mol. The first kappa shape index (κ1) is 19.3. The number of nitrogens with two attached hydrogens (primary N) is 1. The molecule has 1 saturated heterocycles. The molecule has 1 aromatic heterocycles. The lowest BCUT2D eigenvalue weighted by molar-refractivity contribution is -0.138. The highest BCUT2D eigenvalue weighted by atomic mass is 19.1. The van der Waals surface area contributed by atoms with E-state index in [2.05, 4.69) is 10.1 Å². The maximum absolute atomic E-state index is 13.2. The quantitative estimate of drug-likeness (QED) is 0.733. The molecule has 0 aliphatic carbocycles. The molecule has 6 nitrogen and oxygen atoms in total. The Bertz CT molecular complexity index is 986. The first-order valence-corrected chi connectivity index (χ1v) is 9.68. The van der Waals surface area contributed by atoms with Crippen LogP contribution in [0.15, 0.2) is 59.1 Å². The fourth-order valence-electron chi connectivity index (χ4n) is 3.72. The van der Waals surface area contributed by atoms with Crippen molar-refractivity contribution in [2.45, 2.75) is 31.2 Å². The number of carbonyl (C=O) groups is 1. The van der Waals surface area contributed by atoms with Crippen LogP contribution in [-0.2, 0) is 10.3 Å². The molecular formula is C22H23FN4O2. The minimum Gasteiger partial charge on any atom is -0.340 e. The largest absolute Gasteiger partial charge is 0.340 e. The lowest BCUT2D eigenvalue weighted by atomic mass is 9.89. The number of halogens is 1. The average molecular weight is 394 g/mol. The Morgan fingerprint density at radius 3 is 2.66 bits per heavy atom. The Balaban J connectivity index is 1.50. The number of likely N-dealkylation sites (tertiary alicyclic amines) is 1. The Morgan fingerprint density at radius 1 is 1.21 bits per heavy atom. The molecule has 4 rings (SSSR count). The van der Waals surface area contributed by atoms with Gasteiger partial charge in [0.2, 0.25) is 17.6 Å². The van der Waals surface area contributed by atoms with Crippen LogP contribution in [-0.4, -0.2) is 34.0 Å². The number of hydrogen-bond donors (Lipinski definition) is 1. The topological polar surface area (TPSA) is 85.3 Å². The summed E-state index contributed by atoms with van der Waals surface area (Å²) >= 11 is 0. The van der Waals surface area contributed by atoms with Crippen molar-refractivity contribution in [3.05, 3.63) is 71.9 Å². The zero-order chi connectivity index (χ0) is 20.4. The molecule has 2 N–H and O–H groups in total. The smallest absolute Gasteiger partial charge is 0.246 e. The Labute approximate surface area is 168 Å². The molecule has 0 bridgehead atoms. The SMILES string of the molecule is CC(N)(C(=O)N1CCCC(c2nc(-c3ccc(F)cc3)no2)C1)c1ccccc1.